The molecule has 1 spiro atoms. The number of aromatic nitrogens is 2. The molecule has 7 atom stereocenters. The molecule has 6 bridgehead atoms. The summed E-state index contributed by atoms with van der Waals surface area (Å²) >= 11 is 0. The molecule has 5 amide bonds. The number of carbonyl (C=O) groups excluding carboxylic acids is 5. The first-order valence-corrected chi connectivity index (χ1v) is 25.5. The average Bonchev–Trinajstić information content (AvgIpc) is 3.94. The first kappa shape index (κ1) is 51.8. The fraction of sp³-hybridized carbons (Fsp3) is 0.623. The third-order valence-electron chi connectivity index (χ3n) is 15.5. The zero-order valence-corrected chi connectivity index (χ0v) is 43.2. The number of nitrogens with zero attached hydrogens (tertiary/aromatic N) is 7. The molecule has 18 nitrogen and oxygen atoms in total. The Morgan fingerprint density at radius 2 is 1.89 bits per heavy atom. The number of morpholine rings is 1. The maximum atomic E-state index is 14.8. The summed E-state index contributed by atoms with van der Waals surface area (Å²) in [7, 11) is 3.32. The number of anilines is 1. The van der Waals surface area contributed by atoms with Crippen LogP contribution in [0.25, 0.3) is 22.2 Å². The van der Waals surface area contributed by atoms with Crippen molar-refractivity contribution in [2.24, 2.45) is 17.3 Å². The van der Waals surface area contributed by atoms with Crippen molar-refractivity contribution in [1.29, 1.82) is 0 Å². The van der Waals surface area contributed by atoms with E-state index in [0.717, 1.165) is 39.1 Å². The third kappa shape index (κ3) is 10.5. The smallest absolute Gasteiger partial charge is 0.324 e. The number of hydrogen-bond acceptors (Lipinski definition) is 12. The van der Waals surface area contributed by atoms with Crippen LogP contribution < -0.4 is 15.6 Å². The van der Waals surface area contributed by atoms with Crippen LogP contribution in [0.5, 0.6) is 0 Å². The van der Waals surface area contributed by atoms with Crippen molar-refractivity contribution in [2.45, 2.75) is 123 Å². The van der Waals surface area contributed by atoms with Crippen LogP contribution in [0.2, 0.25) is 0 Å². The zero-order chi connectivity index (χ0) is 50.9. The number of likely N-dealkylation sites (N-methyl/N-ethyl adjacent to an activating group) is 1. The number of piperidine rings is 1. The number of methoxy groups -OCH3 is 1. The quantitative estimate of drug-likeness (QED) is 0.209. The van der Waals surface area contributed by atoms with Gasteiger partial charge in [-0.2, -0.15) is 0 Å². The van der Waals surface area contributed by atoms with E-state index >= 15 is 0 Å². The predicted molar refractivity (Wildman–Crippen MR) is 269 cm³/mol. The Labute approximate surface area is 418 Å². The summed E-state index contributed by atoms with van der Waals surface area (Å²) < 4.78 is 27.0. The zero-order valence-electron chi connectivity index (χ0n) is 43.2. The van der Waals surface area contributed by atoms with Crippen LogP contribution in [-0.4, -0.2) is 162 Å². The Morgan fingerprint density at radius 1 is 1.10 bits per heavy atom. The van der Waals surface area contributed by atoms with E-state index in [1.165, 1.54) is 16.0 Å². The van der Waals surface area contributed by atoms with Crippen LogP contribution in [-0.2, 0) is 51.1 Å². The van der Waals surface area contributed by atoms with Gasteiger partial charge in [0.2, 0.25) is 11.8 Å². The molecule has 4 fully saturated rings. The summed E-state index contributed by atoms with van der Waals surface area (Å²) in [6, 6.07) is 7.54. The van der Waals surface area contributed by atoms with Crippen LogP contribution in [0.3, 0.4) is 0 Å². The van der Waals surface area contributed by atoms with Gasteiger partial charge in [0.05, 0.1) is 49.0 Å². The van der Waals surface area contributed by atoms with E-state index in [1.807, 2.05) is 33.8 Å². The standard InChI is InChI=1S/C53H75N9O9/c1-11-44(63)60-30-53(71-32-60)19-22-59(28-34(53)5)51(67)57(9)46(33(3)4)48(64)55-42-26-37-29-58(23-24-69-37)36-17-18-43-39(25-36)40(47(61(43)12-2)38-15-13-20-54-45(38)35(6)68-10)27-52(7,8)31-70-50(66)41-16-14-21-62(56-41)49(42)65/h11,13,15,17-18,20,25,33-35,37,41-42,46,56H,1,12,14,16,19,21-24,26-32H2,2-10H3,(H,55,64)/t34-,35-,37-,41-,42-,46-,53+/m0/s1. The highest BCUT2D eigenvalue weighted by atomic mass is 16.5. The Kier molecular flexibility index (Phi) is 15.5. The number of carbonyl (C=O) groups is 5. The minimum absolute atomic E-state index is 0.0871. The number of ether oxygens (including phenoxy) is 4. The van der Waals surface area contributed by atoms with Crippen molar-refractivity contribution in [2.75, 3.05) is 78.3 Å². The molecule has 0 radical (unpaired) electrons. The molecule has 2 aromatic heterocycles. The summed E-state index contributed by atoms with van der Waals surface area (Å²) in [4.78, 5) is 82.2. The van der Waals surface area contributed by atoms with Gasteiger partial charge in [-0.15, -0.1) is 0 Å². The van der Waals surface area contributed by atoms with E-state index in [9.17, 15) is 24.0 Å². The molecule has 4 saturated heterocycles. The van der Waals surface area contributed by atoms with E-state index in [0.29, 0.717) is 78.1 Å². The molecular formula is C53H75N9O9. The number of cyclic esters (lactones) is 1. The Morgan fingerprint density at radius 3 is 2.61 bits per heavy atom. The van der Waals surface area contributed by atoms with E-state index < -0.39 is 53.0 Å². The van der Waals surface area contributed by atoms with Crippen LogP contribution in [0.4, 0.5) is 10.5 Å². The van der Waals surface area contributed by atoms with E-state index in [-0.39, 0.29) is 49.6 Å². The molecule has 0 saturated carbocycles. The summed E-state index contributed by atoms with van der Waals surface area (Å²) in [5.74, 6) is -1.92. The van der Waals surface area contributed by atoms with Crippen molar-refractivity contribution in [3.05, 3.63) is 60.4 Å². The number of aryl methyl sites for hydroxylation is 1. The molecule has 1 aromatic carbocycles. The van der Waals surface area contributed by atoms with Gasteiger partial charge >= 0.3 is 12.0 Å². The lowest BCUT2D eigenvalue weighted by Gasteiger charge is -2.45. The number of likely N-dealkylation sites (tertiary alicyclic amines) is 1. The predicted octanol–water partition coefficient (Wildman–Crippen LogP) is 5.29. The van der Waals surface area contributed by atoms with Crippen molar-refractivity contribution >= 4 is 46.3 Å². The second-order valence-electron chi connectivity index (χ2n) is 21.3. The molecule has 7 heterocycles. The number of nitrogens with one attached hydrogen (secondary N) is 2. The molecule has 5 aliphatic rings. The van der Waals surface area contributed by atoms with Gasteiger partial charge in [-0.25, -0.2) is 10.2 Å². The topological polar surface area (TPSA) is 180 Å². The van der Waals surface area contributed by atoms with Gasteiger partial charge in [-0.1, -0.05) is 41.2 Å². The molecule has 0 aliphatic carbocycles. The van der Waals surface area contributed by atoms with Crippen molar-refractivity contribution in [1.82, 2.24) is 40.0 Å². The number of esters is 1. The molecule has 71 heavy (non-hydrogen) atoms. The number of hydrazine groups is 1. The fourth-order valence-corrected chi connectivity index (χ4v) is 11.5. The summed E-state index contributed by atoms with van der Waals surface area (Å²) in [6.45, 7) is 21.8. The highest BCUT2D eigenvalue weighted by Gasteiger charge is 2.49. The minimum Gasteiger partial charge on any atom is -0.464 e. The van der Waals surface area contributed by atoms with Gasteiger partial charge in [-0.05, 0) is 87.4 Å². The second-order valence-corrected chi connectivity index (χ2v) is 21.3. The maximum absolute atomic E-state index is 14.8. The minimum atomic E-state index is -1.06. The number of hydrogen-bond donors (Lipinski definition) is 2. The summed E-state index contributed by atoms with van der Waals surface area (Å²) in [6.07, 6.45) is 4.64. The number of pyridine rings is 1. The van der Waals surface area contributed by atoms with Crippen LogP contribution in [0, 0.1) is 17.3 Å². The van der Waals surface area contributed by atoms with Crippen molar-refractivity contribution < 1.29 is 42.9 Å². The van der Waals surface area contributed by atoms with E-state index in [2.05, 4.69) is 71.8 Å². The molecule has 5 aliphatic heterocycles. The average molecular weight is 982 g/mol. The van der Waals surface area contributed by atoms with Gasteiger partial charge < -0.3 is 48.4 Å². The van der Waals surface area contributed by atoms with Gasteiger partial charge in [0.1, 0.15) is 24.9 Å². The number of rotatable bonds is 9. The molecule has 3 aromatic rings. The van der Waals surface area contributed by atoms with Crippen LogP contribution >= 0.6 is 0 Å². The largest absolute Gasteiger partial charge is 0.464 e. The Bertz CT molecular complexity index is 2490. The van der Waals surface area contributed by atoms with Gasteiger partial charge in [0.25, 0.3) is 5.91 Å². The molecule has 18 heteroatoms. The van der Waals surface area contributed by atoms with E-state index in [1.54, 1.807) is 30.2 Å². The van der Waals surface area contributed by atoms with Gasteiger partial charge in [0.15, 0.2) is 0 Å². The fourth-order valence-electron chi connectivity index (χ4n) is 11.5. The normalized spacial score (nSPS) is 26.0. The van der Waals surface area contributed by atoms with Crippen molar-refractivity contribution in [3.8, 4) is 11.3 Å². The Balaban J connectivity index is 1.09. The van der Waals surface area contributed by atoms with E-state index in [4.69, 9.17) is 23.9 Å². The highest BCUT2D eigenvalue weighted by Crippen LogP contribution is 2.42. The molecule has 8 rings (SSSR count). The third-order valence-corrected chi connectivity index (χ3v) is 15.5. The molecule has 2 N–H and O–H groups in total. The first-order valence-electron chi connectivity index (χ1n) is 25.5. The molecular weight excluding hydrogens is 907 g/mol. The highest BCUT2D eigenvalue weighted by molar-refractivity contribution is 5.95. The Hall–Kier alpha value is -5.56. The number of amides is 5. The second kappa shape index (κ2) is 21.3. The van der Waals surface area contributed by atoms with Crippen LogP contribution in [0.1, 0.15) is 91.5 Å². The van der Waals surface area contributed by atoms with Gasteiger partial charge in [0, 0.05) is 99.5 Å². The number of fused-ring (bicyclic) bond motifs is 6. The maximum Gasteiger partial charge on any atom is 0.324 e. The SMILES string of the molecule is C=CC(=O)N1CO[C@]2(CCN(C(=O)N(C)[C@H](C(=O)N[C@H]3C[C@H]4CN(CCO4)c4ccc5c(c4)c(c(-c4cccnc4[C@H](C)OC)n5CC)CC(C)(C)COC(=O)[C@@H]4CCCN(N4)C3=O)C(C)C)C[C@@H]2C)C1. The lowest BCUT2D eigenvalue weighted by atomic mass is 9.82. The molecule has 386 valence electrons. The monoisotopic (exact) mass is 982 g/mol. The number of benzene rings is 1. The summed E-state index contributed by atoms with van der Waals surface area (Å²) in [5.41, 5.74) is 8.18. The lowest BCUT2D eigenvalue weighted by Crippen LogP contribution is -2.63. The van der Waals surface area contributed by atoms with Crippen molar-refractivity contribution in [3.63, 3.8) is 0 Å². The lowest BCUT2D eigenvalue weighted by molar-refractivity contribution is -0.156. The van der Waals surface area contributed by atoms with Crippen LogP contribution in [0.15, 0.2) is 49.2 Å². The first-order chi connectivity index (χ1) is 33.9. The number of urea groups is 1. The summed E-state index contributed by atoms with van der Waals surface area (Å²) in [5, 5.41) is 5.63. The van der Waals surface area contributed by atoms with Gasteiger partial charge in [-0.3, -0.25) is 29.2 Å². The molecule has 0 unspecified atom stereocenters.